The number of ether oxygens (including phenoxy) is 1. The quantitative estimate of drug-likeness (QED) is 0.750. The standard InChI is InChI=1S/C14H20N4O3/c1-11-3-2-4-15-12(11)17-14(20)13(19)16-5-6-18-7-9-21-10-8-18/h2-4H,5-10H2,1H3,(H,16,19)(H,15,17,20). The summed E-state index contributed by atoms with van der Waals surface area (Å²) in [5.74, 6) is -0.932. The van der Waals surface area contributed by atoms with E-state index < -0.39 is 11.8 Å². The van der Waals surface area contributed by atoms with Gasteiger partial charge in [0.1, 0.15) is 5.82 Å². The van der Waals surface area contributed by atoms with Gasteiger partial charge in [0, 0.05) is 32.4 Å². The van der Waals surface area contributed by atoms with E-state index in [-0.39, 0.29) is 0 Å². The number of aromatic nitrogens is 1. The number of aryl methyl sites for hydroxylation is 1. The van der Waals surface area contributed by atoms with Gasteiger partial charge >= 0.3 is 11.8 Å². The molecule has 1 fully saturated rings. The molecule has 21 heavy (non-hydrogen) atoms. The maximum absolute atomic E-state index is 11.8. The lowest BCUT2D eigenvalue weighted by Gasteiger charge is -2.26. The van der Waals surface area contributed by atoms with E-state index in [1.807, 2.05) is 13.0 Å². The highest BCUT2D eigenvalue weighted by atomic mass is 16.5. The molecule has 0 aliphatic carbocycles. The Kier molecular flexibility index (Phi) is 5.65. The third kappa shape index (κ3) is 4.80. The number of amides is 2. The van der Waals surface area contributed by atoms with Crippen LogP contribution >= 0.6 is 0 Å². The molecule has 0 spiro atoms. The lowest BCUT2D eigenvalue weighted by atomic mass is 10.3. The molecule has 0 saturated carbocycles. The fourth-order valence-corrected chi connectivity index (χ4v) is 2.01. The summed E-state index contributed by atoms with van der Waals surface area (Å²) in [4.78, 5) is 29.7. The minimum absolute atomic E-state index is 0.408. The Bertz CT molecular complexity index is 501. The van der Waals surface area contributed by atoms with Gasteiger partial charge < -0.3 is 15.4 Å². The molecule has 0 radical (unpaired) electrons. The Morgan fingerprint density at radius 3 is 2.81 bits per heavy atom. The van der Waals surface area contributed by atoms with Gasteiger partial charge in [-0.15, -0.1) is 0 Å². The summed E-state index contributed by atoms with van der Waals surface area (Å²) in [7, 11) is 0. The van der Waals surface area contributed by atoms with Crippen LogP contribution in [0.2, 0.25) is 0 Å². The van der Waals surface area contributed by atoms with Gasteiger partial charge in [-0.05, 0) is 18.6 Å². The molecule has 1 aromatic heterocycles. The van der Waals surface area contributed by atoms with E-state index >= 15 is 0 Å². The molecule has 0 aromatic carbocycles. The van der Waals surface area contributed by atoms with Crippen molar-refractivity contribution in [1.29, 1.82) is 0 Å². The SMILES string of the molecule is Cc1cccnc1NC(=O)C(=O)NCCN1CCOCC1. The number of anilines is 1. The zero-order valence-electron chi connectivity index (χ0n) is 12.1. The molecule has 1 aliphatic rings. The molecule has 2 heterocycles. The van der Waals surface area contributed by atoms with E-state index in [0.717, 1.165) is 18.7 Å². The largest absolute Gasteiger partial charge is 0.379 e. The summed E-state index contributed by atoms with van der Waals surface area (Å²) in [5, 5.41) is 5.11. The normalized spacial score (nSPS) is 15.5. The number of pyridine rings is 1. The van der Waals surface area contributed by atoms with Gasteiger partial charge in [-0.2, -0.15) is 0 Å². The number of nitrogens with one attached hydrogen (secondary N) is 2. The second-order valence-corrected chi connectivity index (χ2v) is 4.83. The first-order chi connectivity index (χ1) is 10.2. The maximum atomic E-state index is 11.8. The lowest BCUT2D eigenvalue weighted by molar-refractivity contribution is -0.136. The number of carbonyl (C=O) groups excluding carboxylic acids is 2. The Balaban J connectivity index is 1.72. The van der Waals surface area contributed by atoms with Gasteiger partial charge in [0.25, 0.3) is 0 Å². The number of morpholine rings is 1. The molecule has 0 atom stereocenters. The highest BCUT2D eigenvalue weighted by molar-refractivity contribution is 6.39. The van der Waals surface area contributed by atoms with Crippen LogP contribution in [0.1, 0.15) is 5.56 Å². The van der Waals surface area contributed by atoms with Crippen molar-refractivity contribution < 1.29 is 14.3 Å². The van der Waals surface area contributed by atoms with Crippen LogP contribution in [0.3, 0.4) is 0 Å². The summed E-state index contributed by atoms with van der Waals surface area (Å²) in [6, 6.07) is 3.59. The summed E-state index contributed by atoms with van der Waals surface area (Å²) >= 11 is 0. The smallest absolute Gasteiger partial charge is 0.314 e. The van der Waals surface area contributed by atoms with Crippen molar-refractivity contribution in [3.05, 3.63) is 23.9 Å². The summed E-state index contributed by atoms with van der Waals surface area (Å²) in [6.07, 6.45) is 1.57. The van der Waals surface area contributed by atoms with Gasteiger partial charge in [0.05, 0.1) is 13.2 Å². The van der Waals surface area contributed by atoms with Crippen molar-refractivity contribution >= 4 is 17.6 Å². The fraction of sp³-hybridized carbons (Fsp3) is 0.500. The Morgan fingerprint density at radius 1 is 1.33 bits per heavy atom. The maximum Gasteiger partial charge on any atom is 0.314 e. The Morgan fingerprint density at radius 2 is 2.10 bits per heavy atom. The van der Waals surface area contributed by atoms with Crippen molar-refractivity contribution in [2.75, 3.05) is 44.7 Å². The van der Waals surface area contributed by atoms with E-state index in [9.17, 15) is 9.59 Å². The van der Waals surface area contributed by atoms with Crippen molar-refractivity contribution in [2.45, 2.75) is 6.92 Å². The van der Waals surface area contributed by atoms with Crippen LogP contribution in [0.25, 0.3) is 0 Å². The highest BCUT2D eigenvalue weighted by Gasteiger charge is 2.16. The van der Waals surface area contributed by atoms with Gasteiger partial charge in [-0.25, -0.2) is 4.98 Å². The lowest BCUT2D eigenvalue weighted by Crippen LogP contribution is -2.43. The molecule has 2 amide bonds. The van der Waals surface area contributed by atoms with Crippen molar-refractivity contribution in [1.82, 2.24) is 15.2 Å². The molecule has 1 aromatic rings. The molecule has 0 unspecified atom stereocenters. The number of carbonyl (C=O) groups is 2. The van der Waals surface area contributed by atoms with Crippen LogP contribution in [0.5, 0.6) is 0 Å². The van der Waals surface area contributed by atoms with E-state index in [1.165, 1.54) is 0 Å². The van der Waals surface area contributed by atoms with Gasteiger partial charge in [0.2, 0.25) is 0 Å². The minimum Gasteiger partial charge on any atom is -0.379 e. The van der Waals surface area contributed by atoms with Crippen LogP contribution in [-0.4, -0.2) is 61.1 Å². The molecule has 2 rings (SSSR count). The number of hydrogen-bond donors (Lipinski definition) is 2. The third-order valence-corrected chi connectivity index (χ3v) is 3.26. The second-order valence-electron chi connectivity index (χ2n) is 4.83. The molecule has 1 aliphatic heterocycles. The number of hydrogen-bond acceptors (Lipinski definition) is 5. The van der Waals surface area contributed by atoms with E-state index in [0.29, 0.717) is 32.1 Å². The Labute approximate surface area is 123 Å². The third-order valence-electron chi connectivity index (χ3n) is 3.26. The molecular formula is C14H20N4O3. The first-order valence-electron chi connectivity index (χ1n) is 6.97. The van der Waals surface area contributed by atoms with Gasteiger partial charge in [-0.3, -0.25) is 14.5 Å². The van der Waals surface area contributed by atoms with Gasteiger partial charge in [0.15, 0.2) is 0 Å². The summed E-state index contributed by atoms with van der Waals surface area (Å²) < 4.78 is 5.24. The second kappa shape index (κ2) is 7.70. The average Bonchev–Trinajstić information content (AvgIpc) is 2.50. The zero-order chi connectivity index (χ0) is 15.1. The summed E-state index contributed by atoms with van der Waals surface area (Å²) in [6.45, 7) is 6.11. The first kappa shape index (κ1) is 15.4. The predicted octanol–water partition coefficient (Wildman–Crippen LogP) is -0.223. The molecule has 1 saturated heterocycles. The van der Waals surface area contributed by atoms with Crippen LogP contribution in [0.15, 0.2) is 18.3 Å². The highest BCUT2D eigenvalue weighted by Crippen LogP contribution is 2.08. The number of rotatable bonds is 4. The minimum atomic E-state index is -0.696. The molecule has 7 nitrogen and oxygen atoms in total. The topological polar surface area (TPSA) is 83.6 Å². The Hall–Kier alpha value is -1.99. The van der Waals surface area contributed by atoms with Crippen LogP contribution in [0, 0.1) is 6.92 Å². The fourth-order valence-electron chi connectivity index (χ4n) is 2.01. The molecule has 0 bridgehead atoms. The average molecular weight is 292 g/mol. The summed E-state index contributed by atoms with van der Waals surface area (Å²) in [5.41, 5.74) is 0.812. The monoisotopic (exact) mass is 292 g/mol. The van der Waals surface area contributed by atoms with Crippen LogP contribution in [-0.2, 0) is 14.3 Å². The first-order valence-corrected chi connectivity index (χ1v) is 6.97. The van der Waals surface area contributed by atoms with Gasteiger partial charge in [-0.1, -0.05) is 6.07 Å². The van der Waals surface area contributed by atoms with Crippen molar-refractivity contribution in [3.63, 3.8) is 0 Å². The zero-order valence-corrected chi connectivity index (χ0v) is 12.1. The number of nitrogens with zero attached hydrogens (tertiary/aromatic N) is 2. The molecule has 114 valence electrons. The van der Waals surface area contributed by atoms with Crippen LogP contribution < -0.4 is 10.6 Å². The van der Waals surface area contributed by atoms with E-state index in [2.05, 4.69) is 20.5 Å². The van der Waals surface area contributed by atoms with E-state index in [1.54, 1.807) is 12.3 Å². The molecule has 2 N–H and O–H groups in total. The van der Waals surface area contributed by atoms with Crippen molar-refractivity contribution in [2.24, 2.45) is 0 Å². The molecule has 7 heteroatoms. The van der Waals surface area contributed by atoms with Crippen LogP contribution in [0.4, 0.5) is 5.82 Å². The van der Waals surface area contributed by atoms with Crippen molar-refractivity contribution in [3.8, 4) is 0 Å². The van der Waals surface area contributed by atoms with E-state index in [4.69, 9.17) is 4.74 Å². The predicted molar refractivity (Wildman–Crippen MR) is 77.9 cm³/mol. The molecular weight excluding hydrogens is 272 g/mol.